The lowest BCUT2D eigenvalue weighted by molar-refractivity contribution is 0.187. The highest BCUT2D eigenvalue weighted by atomic mass is 16.5. The summed E-state index contributed by atoms with van der Waals surface area (Å²) >= 11 is 0. The number of hydrogen-bond donors (Lipinski definition) is 1. The van der Waals surface area contributed by atoms with Gasteiger partial charge in [-0.15, -0.1) is 0 Å². The van der Waals surface area contributed by atoms with Gasteiger partial charge in [0.25, 0.3) is 0 Å². The molecule has 0 aliphatic heterocycles. The summed E-state index contributed by atoms with van der Waals surface area (Å²) in [6.45, 7) is 0.847. The fourth-order valence-corrected chi connectivity index (χ4v) is 2.83. The number of likely N-dealkylation sites (N-methyl/N-ethyl adjacent to an activating group) is 1. The Morgan fingerprint density at radius 2 is 2.47 bits per heavy atom. The molecule has 0 bridgehead atoms. The topological polar surface area (TPSA) is 34.1 Å². The summed E-state index contributed by atoms with van der Waals surface area (Å²) in [5, 5.41) is 3.45. The lowest BCUT2D eigenvalue weighted by Crippen LogP contribution is -2.31. The Labute approximate surface area is 104 Å². The first kappa shape index (κ1) is 12.5. The van der Waals surface area contributed by atoms with Crippen LogP contribution in [0, 0.1) is 0 Å². The molecule has 1 aliphatic carbocycles. The molecule has 2 rings (SSSR count). The number of nitrogens with zero attached hydrogens (tertiary/aromatic N) is 1. The summed E-state index contributed by atoms with van der Waals surface area (Å²) < 4.78 is 5.13. The minimum Gasteiger partial charge on any atom is -0.385 e. The maximum Gasteiger partial charge on any atom is 0.0482 e. The smallest absolute Gasteiger partial charge is 0.0482 e. The van der Waals surface area contributed by atoms with Crippen LogP contribution in [0.15, 0.2) is 18.3 Å². The van der Waals surface area contributed by atoms with Gasteiger partial charge in [-0.2, -0.15) is 0 Å². The van der Waals surface area contributed by atoms with Crippen LogP contribution in [0.25, 0.3) is 0 Å². The summed E-state index contributed by atoms with van der Waals surface area (Å²) in [5.41, 5.74) is 2.74. The van der Waals surface area contributed by atoms with E-state index in [0.717, 1.165) is 19.4 Å². The second-order valence-corrected chi connectivity index (χ2v) is 4.72. The Hall–Kier alpha value is -0.930. The molecule has 0 amide bonds. The van der Waals surface area contributed by atoms with Gasteiger partial charge in [-0.1, -0.05) is 6.07 Å². The van der Waals surface area contributed by atoms with Crippen molar-refractivity contribution >= 4 is 0 Å². The molecule has 0 radical (unpaired) electrons. The maximum absolute atomic E-state index is 5.13. The summed E-state index contributed by atoms with van der Waals surface area (Å²) in [5.74, 6) is 0.577. The molecule has 2 atom stereocenters. The van der Waals surface area contributed by atoms with Crippen molar-refractivity contribution < 1.29 is 4.74 Å². The summed E-state index contributed by atoms with van der Waals surface area (Å²) in [6.07, 6.45) is 6.59. The molecule has 3 heteroatoms. The number of aryl methyl sites for hydroxylation is 1. The Balaban J connectivity index is 2.01. The van der Waals surface area contributed by atoms with Gasteiger partial charge < -0.3 is 10.1 Å². The average molecular weight is 234 g/mol. The molecule has 1 aromatic rings. The van der Waals surface area contributed by atoms with Gasteiger partial charge in [0.05, 0.1) is 0 Å². The van der Waals surface area contributed by atoms with Gasteiger partial charge in [-0.05, 0) is 44.4 Å². The van der Waals surface area contributed by atoms with E-state index >= 15 is 0 Å². The first-order valence-corrected chi connectivity index (χ1v) is 6.46. The molecule has 0 fully saturated rings. The minimum atomic E-state index is 0.529. The van der Waals surface area contributed by atoms with Crippen molar-refractivity contribution in [1.29, 1.82) is 0 Å². The molecular weight excluding hydrogens is 212 g/mol. The summed E-state index contributed by atoms with van der Waals surface area (Å²) in [7, 11) is 3.82. The van der Waals surface area contributed by atoms with E-state index in [0.29, 0.717) is 12.0 Å². The average Bonchev–Trinajstić information content (AvgIpc) is 2.79. The van der Waals surface area contributed by atoms with E-state index in [1.165, 1.54) is 24.1 Å². The van der Waals surface area contributed by atoms with E-state index in [4.69, 9.17) is 4.74 Å². The number of fused-ring (bicyclic) bond motifs is 1. The number of hydrogen-bond acceptors (Lipinski definition) is 3. The van der Waals surface area contributed by atoms with Gasteiger partial charge in [0.15, 0.2) is 0 Å². The van der Waals surface area contributed by atoms with E-state index in [-0.39, 0.29) is 0 Å². The Morgan fingerprint density at radius 1 is 1.59 bits per heavy atom. The largest absolute Gasteiger partial charge is 0.385 e. The number of aromatic nitrogens is 1. The van der Waals surface area contributed by atoms with Crippen molar-refractivity contribution in [3.63, 3.8) is 0 Å². The quantitative estimate of drug-likeness (QED) is 0.766. The Bertz CT molecular complexity index is 354. The Kier molecular flexibility index (Phi) is 4.51. The van der Waals surface area contributed by atoms with Gasteiger partial charge in [-0.25, -0.2) is 0 Å². The fourth-order valence-electron chi connectivity index (χ4n) is 2.83. The van der Waals surface area contributed by atoms with Crippen LogP contribution in [0.3, 0.4) is 0 Å². The van der Waals surface area contributed by atoms with Crippen LogP contribution in [0.1, 0.15) is 36.4 Å². The van der Waals surface area contributed by atoms with E-state index in [9.17, 15) is 0 Å². The van der Waals surface area contributed by atoms with Gasteiger partial charge >= 0.3 is 0 Å². The van der Waals surface area contributed by atoms with Gasteiger partial charge in [0.2, 0.25) is 0 Å². The van der Waals surface area contributed by atoms with Gasteiger partial charge in [-0.3, -0.25) is 4.98 Å². The molecule has 1 N–H and O–H groups in total. The molecule has 0 saturated carbocycles. The molecule has 1 aliphatic rings. The molecule has 0 spiro atoms. The first-order valence-electron chi connectivity index (χ1n) is 6.46. The molecule has 0 aromatic carbocycles. The highest BCUT2D eigenvalue weighted by Crippen LogP contribution is 2.34. The maximum atomic E-state index is 5.13. The molecule has 1 aromatic heterocycles. The van der Waals surface area contributed by atoms with Crippen LogP contribution in [0.4, 0.5) is 0 Å². The zero-order chi connectivity index (χ0) is 12.1. The number of pyridine rings is 1. The van der Waals surface area contributed by atoms with Crippen molar-refractivity contribution in [2.24, 2.45) is 0 Å². The third-order valence-electron chi connectivity index (χ3n) is 3.72. The number of nitrogens with one attached hydrogen (secondary N) is 1. The second-order valence-electron chi connectivity index (χ2n) is 4.72. The lowest BCUT2D eigenvalue weighted by Gasteiger charge is -2.23. The number of ether oxygens (including phenoxy) is 1. The highest BCUT2D eigenvalue weighted by molar-refractivity contribution is 5.29. The summed E-state index contributed by atoms with van der Waals surface area (Å²) in [4.78, 5) is 4.57. The van der Waals surface area contributed by atoms with E-state index in [1.54, 1.807) is 7.11 Å². The van der Waals surface area contributed by atoms with Crippen molar-refractivity contribution in [3.8, 4) is 0 Å². The van der Waals surface area contributed by atoms with Crippen molar-refractivity contribution in [2.75, 3.05) is 20.8 Å². The van der Waals surface area contributed by atoms with Crippen LogP contribution >= 0.6 is 0 Å². The molecule has 94 valence electrons. The van der Waals surface area contributed by atoms with Gasteiger partial charge in [0, 0.05) is 37.6 Å². The fraction of sp³-hybridized carbons (Fsp3) is 0.643. The van der Waals surface area contributed by atoms with Crippen LogP contribution in [0.2, 0.25) is 0 Å². The standard InChI is InChI=1S/C14H22N2O/c1-15-13(6-4-10-17-2)12-8-7-11-5-3-9-16-14(11)12/h3,5,9,12-13,15H,4,6-8,10H2,1-2H3. The zero-order valence-electron chi connectivity index (χ0n) is 10.8. The minimum absolute atomic E-state index is 0.529. The van der Waals surface area contributed by atoms with Crippen LogP contribution < -0.4 is 5.32 Å². The van der Waals surface area contributed by atoms with Crippen molar-refractivity contribution in [3.05, 3.63) is 29.6 Å². The van der Waals surface area contributed by atoms with Crippen LogP contribution in [0.5, 0.6) is 0 Å². The molecule has 1 heterocycles. The molecule has 2 unspecified atom stereocenters. The third-order valence-corrected chi connectivity index (χ3v) is 3.72. The highest BCUT2D eigenvalue weighted by Gasteiger charge is 2.29. The SMILES string of the molecule is CNC(CCCOC)C1CCc2cccnc21. The van der Waals surface area contributed by atoms with Crippen LogP contribution in [-0.2, 0) is 11.2 Å². The molecule has 0 saturated heterocycles. The second kappa shape index (κ2) is 6.12. The monoisotopic (exact) mass is 234 g/mol. The third kappa shape index (κ3) is 2.85. The normalized spacial score (nSPS) is 20.2. The summed E-state index contributed by atoms with van der Waals surface area (Å²) in [6, 6.07) is 4.78. The predicted molar refractivity (Wildman–Crippen MR) is 69.3 cm³/mol. The van der Waals surface area contributed by atoms with E-state index in [1.807, 2.05) is 12.3 Å². The van der Waals surface area contributed by atoms with Crippen molar-refractivity contribution in [1.82, 2.24) is 10.3 Å². The molecular formula is C14H22N2O. The Morgan fingerprint density at radius 3 is 3.24 bits per heavy atom. The lowest BCUT2D eigenvalue weighted by atomic mass is 9.93. The van der Waals surface area contributed by atoms with E-state index < -0.39 is 0 Å². The first-order chi connectivity index (χ1) is 8.36. The van der Waals surface area contributed by atoms with Crippen molar-refractivity contribution in [2.45, 2.75) is 37.6 Å². The van der Waals surface area contributed by atoms with E-state index in [2.05, 4.69) is 23.4 Å². The van der Waals surface area contributed by atoms with Crippen LogP contribution in [-0.4, -0.2) is 31.8 Å². The predicted octanol–water partition coefficient (Wildman–Crippen LogP) is 2.13. The zero-order valence-corrected chi connectivity index (χ0v) is 10.8. The number of rotatable bonds is 6. The number of methoxy groups -OCH3 is 1. The molecule has 17 heavy (non-hydrogen) atoms. The van der Waals surface area contributed by atoms with Gasteiger partial charge in [0.1, 0.15) is 0 Å². The molecule has 3 nitrogen and oxygen atoms in total.